The van der Waals surface area contributed by atoms with Crippen molar-refractivity contribution >= 4 is 17.7 Å². The zero-order chi connectivity index (χ0) is 19.2. The molecule has 2 aromatic rings. The Kier molecular flexibility index (Phi) is 6.78. The molecule has 0 bridgehead atoms. The standard InChI is InChI=1S/C16H13F5N2O2S/c17-15(18)26-14-12(5-2-6-23-14)13(24)22-7-8-25-11-4-1-3-10(9-11)16(19,20)21/h1-6,9,15H,7-8H2,(H,22,24). The third-order valence-corrected chi connectivity index (χ3v) is 3.76. The first-order valence-electron chi connectivity index (χ1n) is 7.25. The first-order chi connectivity index (χ1) is 12.3. The van der Waals surface area contributed by atoms with Crippen LogP contribution in [0.4, 0.5) is 22.0 Å². The number of amides is 1. The number of rotatable bonds is 7. The zero-order valence-corrected chi connectivity index (χ0v) is 13.9. The van der Waals surface area contributed by atoms with Crippen LogP contribution in [0.15, 0.2) is 47.6 Å². The van der Waals surface area contributed by atoms with Crippen molar-refractivity contribution in [3.63, 3.8) is 0 Å². The summed E-state index contributed by atoms with van der Waals surface area (Å²) in [6.45, 7) is -0.118. The third kappa shape index (κ3) is 5.87. The minimum atomic E-state index is -4.48. The van der Waals surface area contributed by atoms with E-state index in [1.54, 1.807) is 0 Å². The Morgan fingerprint density at radius 1 is 1.23 bits per heavy atom. The highest BCUT2D eigenvalue weighted by molar-refractivity contribution is 7.99. The molecule has 1 aromatic heterocycles. The maximum absolute atomic E-state index is 12.6. The van der Waals surface area contributed by atoms with Gasteiger partial charge in [-0.2, -0.15) is 22.0 Å². The number of hydrogen-bond donors (Lipinski definition) is 1. The summed E-state index contributed by atoms with van der Waals surface area (Å²) in [7, 11) is 0. The predicted molar refractivity (Wildman–Crippen MR) is 85.4 cm³/mol. The van der Waals surface area contributed by atoms with Crippen molar-refractivity contribution < 1.29 is 31.5 Å². The van der Waals surface area contributed by atoms with Crippen LogP contribution in [0.3, 0.4) is 0 Å². The fourth-order valence-electron chi connectivity index (χ4n) is 1.93. The van der Waals surface area contributed by atoms with Crippen LogP contribution >= 0.6 is 11.8 Å². The van der Waals surface area contributed by atoms with Crippen molar-refractivity contribution in [1.82, 2.24) is 10.3 Å². The summed E-state index contributed by atoms with van der Waals surface area (Å²) in [5, 5.41) is 2.33. The van der Waals surface area contributed by atoms with Crippen LogP contribution in [-0.4, -0.2) is 29.8 Å². The van der Waals surface area contributed by atoms with E-state index in [9.17, 15) is 26.7 Å². The van der Waals surface area contributed by atoms with E-state index in [1.807, 2.05) is 0 Å². The maximum atomic E-state index is 12.6. The monoisotopic (exact) mass is 392 g/mol. The van der Waals surface area contributed by atoms with Gasteiger partial charge in [-0.05, 0) is 42.1 Å². The molecule has 0 aliphatic carbocycles. The molecule has 0 unspecified atom stereocenters. The van der Waals surface area contributed by atoms with Gasteiger partial charge in [0.2, 0.25) is 0 Å². The summed E-state index contributed by atoms with van der Waals surface area (Å²) in [5.74, 6) is -3.35. The summed E-state index contributed by atoms with van der Waals surface area (Å²) in [6.07, 6.45) is -3.19. The van der Waals surface area contributed by atoms with Gasteiger partial charge in [-0.1, -0.05) is 6.07 Å². The maximum Gasteiger partial charge on any atom is 0.416 e. The van der Waals surface area contributed by atoms with E-state index in [0.29, 0.717) is 0 Å². The normalized spacial score (nSPS) is 11.5. The van der Waals surface area contributed by atoms with E-state index in [1.165, 1.54) is 30.5 Å². The van der Waals surface area contributed by atoms with Gasteiger partial charge in [0.15, 0.2) is 0 Å². The van der Waals surface area contributed by atoms with Crippen molar-refractivity contribution in [2.45, 2.75) is 17.0 Å². The largest absolute Gasteiger partial charge is 0.492 e. The van der Waals surface area contributed by atoms with E-state index >= 15 is 0 Å². The fraction of sp³-hybridized carbons (Fsp3) is 0.250. The van der Waals surface area contributed by atoms with Gasteiger partial charge >= 0.3 is 6.18 Å². The average Bonchev–Trinajstić information content (AvgIpc) is 2.58. The molecule has 26 heavy (non-hydrogen) atoms. The molecule has 0 spiro atoms. The topological polar surface area (TPSA) is 51.2 Å². The highest BCUT2D eigenvalue weighted by Gasteiger charge is 2.30. The number of alkyl halides is 5. The molecule has 1 N–H and O–H groups in total. The number of hydrogen-bond acceptors (Lipinski definition) is 4. The Labute approximate surface area is 149 Å². The van der Waals surface area contributed by atoms with Crippen LogP contribution in [0.1, 0.15) is 15.9 Å². The van der Waals surface area contributed by atoms with E-state index in [2.05, 4.69) is 10.3 Å². The molecule has 0 saturated heterocycles. The van der Waals surface area contributed by atoms with Crippen molar-refractivity contribution in [2.75, 3.05) is 13.2 Å². The first-order valence-corrected chi connectivity index (χ1v) is 8.13. The minimum Gasteiger partial charge on any atom is -0.492 e. The number of carbonyl (C=O) groups excluding carboxylic acids is 1. The van der Waals surface area contributed by atoms with E-state index in [-0.39, 0.29) is 41.3 Å². The molecule has 2 rings (SSSR count). The Morgan fingerprint density at radius 2 is 2.00 bits per heavy atom. The summed E-state index contributed by atoms with van der Waals surface area (Å²) in [5.41, 5.74) is -0.861. The lowest BCUT2D eigenvalue weighted by Gasteiger charge is -2.11. The lowest BCUT2D eigenvalue weighted by molar-refractivity contribution is -0.137. The van der Waals surface area contributed by atoms with Gasteiger partial charge in [0.1, 0.15) is 17.4 Å². The van der Waals surface area contributed by atoms with Gasteiger partial charge in [-0.25, -0.2) is 4.98 Å². The van der Waals surface area contributed by atoms with Crippen molar-refractivity contribution in [1.29, 1.82) is 0 Å². The molecule has 10 heteroatoms. The summed E-state index contributed by atoms with van der Waals surface area (Å²) >= 11 is 0.150. The number of nitrogens with zero attached hydrogens (tertiary/aromatic N) is 1. The number of carbonyl (C=O) groups is 1. The van der Waals surface area contributed by atoms with Gasteiger partial charge in [0.05, 0.1) is 17.7 Å². The van der Waals surface area contributed by atoms with Crippen LogP contribution < -0.4 is 10.1 Å². The van der Waals surface area contributed by atoms with Crippen LogP contribution in [-0.2, 0) is 6.18 Å². The molecule has 1 heterocycles. The first kappa shape index (κ1) is 20.0. The Bertz CT molecular complexity index is 755. The number of aromatic nitrogens is 1. The molecule has 140 valence electrons. The fourth-order valence-corrected chi connectivity index (χ4v) is 2.51. The van der Waals surface area contributed by atoms with Crippen LogP contribution in [0.2, 0.25) is 0 Å². The zero-order valence-electron chi connectivity index (χ0n) is 13.1. The number of thioether (sulfide) groups is 1. The molecule has 0 saturated carbocycles. The smallest absolute Gasteiger partial charge is 0.416 e. The second kappa shape index (κ2) is 8.84. The predicted octanol–water partition coefficient (Wildman–Crippen LogP) is 4.22. The van der Waals surface area contributed by atoms with Gasteiger partial charge < -0.3 is 10.1 Å². The lowest BCUT2D eigenvalue weighted by atomic mass is 10.2. The van der Waals surface area contributed by atoms with Gasteiger partial charge in [-0.3, -0.25) is 4.79 Å². The molecule has 0 atom stereocenters. The molecule has 0 aliphatic rings. The van der Waals surface area contributed by atoms with Crippen molar-refractivity contribution in [2.24, 2.45) is 0 Å². The summed E-state index contributed by atoms with van der Waals surface area (Å²) < 4.78 is 67.9. The number of ether oxygens (including phenoxy) is 1. The molecule has 0 aliphatic heterocycles. The van der Waals surface area contributed by atoms with Gasteiger partial charge in [-0.15, -0.1) is 0 Å². The third-order valence-electron chi connectivity index (χ3n) is 3.03. The second-order valence-corrected chi connectivity index (χ2v) is 5.84. The minimum absolute atomic E-state index is 0.00407. The number of benzene rings is 1. The van der Waals surface area contributed by atoms with Gasteiger partial charge in [0.25, 0.3) is 11.7 Å². The van der Waals surface area contributed by atoms with Crippen molar-refractivity contribution in [3.05, 3.63) is 53.7 Å². The summed E-state index contributed by atoms with van der Waals surface area (Å²) in [6, 6.07) is 7.11. The highest BCUT2D eigenvalue weighted by atomic mass is 32.2. The van der Waals surface area contributed by atoms with Gasteiger partial charge in [0, 0.05) is 6.20 Å². The Balaban J connectivity index is 1.88. The quantitative estimate of drug-likeness (QED) is 0.435. The molecular weight excluding hydrogens is 379 g/mol. The molecule has 1 aromatic carbocycles. The van der Waals surface area contributed by atoms with E-state index in [0.717, 1.165) is 12.1 Å². The molecule has 1 amide bonds. The molecular formula is C16H13F5N2O2S. The van der Waals surface area contributed by atoms with Crippen LogP contribution in [0.25, 0.3) is 0 Å². The SMILES string of the molecule is O=C(NCCOc1cccc(C(F)(F)F)c1)c1cccnc1SC(F)F. The summed E-state index contributed by atoms with van der Waals surface area (Å²) in [4.78, 5) is 15.8. The number of halogens is 5. The van der Waals surface area contributed by atoms with Crippen LogP contribution in [0.5, 0.6) is 5.75 Å². The lowest BCUT2D eigenvalue weighted by Crippen LogP contribution is -2.28. The molecule has 0 fully saturated rings. The highest BCUT2D eigenvalue weighted by Crippen LogP contribution is 2.31. The Hall–Kier alpha value is -2.36. The Morgan fingerprint density at radius 3 is 2.69 bits per heavy atom. The average molecular weight is 392 g/mol. The van der Waals surface area contributed by atoms with Crippen molar-refractivity contribution in [3.8, 4) is 5.75 Å². The van der Waals surface area contributed by atoms with E-state index < -0.39 is 23.4 Å². The van der Waals surface area contributed by atoms with Crippen LogP contribution in [0, 0.1) is 0 Å². The number of pyridine rings is 1. The molecule has 0 radical (unpaired) electrons. The second-order valence-electron chi connectivity index (χ2n) is 4.86. The molecule has 4 nitrogen and oxygen atoms in total. The van der Waals surface area contributed by atoms with E-state index in [4.69, 9.17) is 4.74 Å². The number of nitrogens with one attached hydrogen (secondary N) is 1.